The van der Waals surface area contributed by atoms with Gasteiger partial charge in [-0.15, -0.1) is 11.6 Å². The Kier molecular flexibility index (Phi) is 7.98. The highest BCUT2D eigenvalue weighted by atomic mass is 35.5. The van der Waals surface area contributed by atoms with E-state index >= 15 is 0 Å². The summed E-state index contributed by atoms with van der Waals surface area (Å²) in [7, 11) is 0. The number of hydrogen-bond acceptors (Lipinski definition) is 6. The number of piperazine rings is 1. The van der Waals surface area contributed by atoms with E-state index in [-0.39, 0.29) is 44.0 Å². The van der Waals surface area contributed by atoms with Gasteiger partial charge in [-0.3, -0.25) is 9.59 Å². The van der Waals surface area contributed by atoms with Gasteiger partial charge in [0.15, 0.2) is 0 Å². The Labute approximate surface area is 202 Å². The van der Waals surface area contributed by atoms with Gasteiger partial charge < -0.3 is 31.1 Å². The van der Waals surface area contributed by atoms with Crippen LogP contribution in [0.15, 0.2) is 0 Å². The van der Waals surface area contributed by atoms with Crippen LogP contribution in [0.1, 0.15) is 51.4 Å². The fourth-order valence-electron chi connectivity index (χ4n) is 5.76. The van der Waals surface area contributed by atoms with Crippen LogP contribution in [-0.4, -0.2) is 90.0 Å². The average Bonchev–Trinajstić information content (AvgIpc) is 2.81. The molecule has 0 aromatic carbocycles. The van der Waals surface area contributed by atoms with Crippen molar-refractivity contribution in [2.24, 2.45) is 0 Å². The number of fused-ring (bicyclic) bond motifs is 3. The van der Waals surface area contributed by atoms with E-state index in [1.807, 2.05) is 0 Å². The standard InChI is InChI=1S/C22H34ClF3N4O4/c23-13-2-1-12(7-14(13)24)34-11-18(32)29-22-5-3-21(4-6-22,8-17(22)31)30-20(33)16-10-27-15(9-28-16)19(25)26/h12-17,19,27-28,31H,1-11H2,(H,29,32)(H,30,33). The van der Waals surface area contributed by atoms with E-state index in [2.05, 4.69) is 21.3 Å². The van der Waals surface area contributed by atoms with Gasteiger partial charge in [0.1, 0.15) is 12.8 Å². The van der Waals surface area contributed by atoms with Crippen molar-refractivity contribution >= 4 is 23.4 Å². The minimum Gasteiger partial charge on any atom is -0.391 e. The predicted octanol–water partition coefficient (Wildman–Crippen LogP) is 0.745. The van der Waals surface area contributed by atoms with E-state index in [9.17, 15) is 27.9 Å². The molecule has 12 heteroatoms. The molecule has 6 unspecified atom stereocenters. The molecule has 5 fully saturated rings. The van der Waals surface area contributed by atoms with Crippen LogP contribution in [0.4, 0.5) is 13.2 Å². The molecule has 5 rings (SSSR count). The largest absolute Gasteiger partial charge is 0.391 e. The van der Waals surface area contributed by atoms with Crippen molar-refractivity contribution in [1.29, 1.82) is 0 Å². The van der Waals surface area contributed by atoms with Crippen LogP contribution in [0.5, 0.6) is 0 Å². The van der Waals surface area contributed by atoms with Crippen LogP contribution >= 0.6 is 11.6 Å². The van der Waals surface area contributed by atoms with Crippen molar-refractivity contribution < 1.29 is 32.6 Å². The maximum Gasteiger partial charge on any atom is 0.254 e. The van der Waals surface area contributed by atoms with E-state index < -0.39 is 47.2 Å². The number of ether oxygens (including phenoxy) is 1. The highest BCUT2D eigenvalue weighted by Crippen LogP contribution is 2.47. The van der Waals surface area contributed by atoms with E-state index in [0.717, 1.165) is 0 Å². The van der Waals surface area contributed by atoms with Crippen LogP contribution < -0.4 is 21.3 Å². The number of aliphatic hydroxyl groups excluding tert-OH is 1. The van der Waals surface area contributed by atoms with Crippen molar-refractivity contribution in [3.05, 3.63) is 0 Å². The molecule has 6 atom stereocenters. The van der Waals surface area contributed by atoms with Gasteiger partial charge in [0.25, 0.3) is 6.43 Å². The highest BCUT2D eigenvalue weighted by molar-refractivity contribution is 6.21. The molecular formula is C22H34ClF3N4O4. The summed E-state index contributed by atoms with van der Waals surface area (Å²) in [4.78, 5) is 25.3. The fraction of sp³-hybridized carbons (Fsp3) is 0.909. The molecule has 34 heavy (non-hydrogen) atoms. The Hall–Kier alpha value is -1.14. The Morgan fingerprint density at radius 3 is 2.44 bits per heavy atom. The average molecular weight is 511 g/mol. The van der Waals surface area contributed by atoms with Gasteiger partial charge >= 0.3 is 0 Å². The lowest BCUT2D eigenvalue weighted by Gasteiger charge is -2.56. The smallest absolute Gasteiger partial charge is 0.254 e. The zero-order valence-corrected chi connectivity index (χ0v) is 19.8. The van der Waals surface area contributed by atoms with E-state index in [4.69, 9.17) is 16.3 Å². The zero-order chi connectivity index (χ0) is 24.5. The monoisotopic (exact) mass is 510 g/mol. The van der Waals surface area contributed by atoms with E-state index in [1.165, 1.54) is 0 Å². The van der Waals surface area contributed by atoms with E-state index in [1.54, 1.807) is 0 Å². The van der Waals surface area contributed by atoms with Crippen molar-refractivity contribution in [1.82, 2.24) is 21.3 Å². The zero-order valence-electron chi connectivity index (χ0n) is 19.0. The van der Waals surface area contributed by atoms with Gasteiger partial charge in [-0.1, -0.05) is 0 Å². The van der Waals surface area contributed by atoms with Crippen molar-refractivity contribution in [3.63, 3.8) is 0 Å². The summed E-state index contributed by atoms with van der Waals surface area (Å²) in [6.45, 7) is -0.0995. The topological polar surface area (TPSA) is 112 Å². The lowest BCUT2D eigenvalue weighted by molar-refractivity contribution is -0.140. The van der Waals surface area contributed by atoms with Crippen LogP contribution in [0, 0.1) is 0 Å². The van der Waals surface area contributed by atoms with Crippen LogP contribution in [0.2, 0.25) is 0 Å². The normalized spacial score (nSPS) is 42.4. The molecule has 1 aliphatic heterocycles. The lowest BCUT2D eigenvalue weighted by Crippen LogP contribution is -2.72. The number of rotatable bonds is 7. The van der Waals surface area contributed by atoms with Crippen molar-refractivity contribution in [2.75, 3.05) is 19.7 Å². The third-order valence-electron chi connectivity index (χ3n) is 7.98. The Morgan fingerprint density at radius 1 is 1.12 bits per heavy atom. The van der Waals surface area contributed by atoms with Crippen LogP contribution in [-0.2, 0) is 14.3 Å². The maximum absolute atomic E-state index is 13.8. The summed E-state index contributed by atoms with van der Waals surface area (Å²) >= 11 is 5.89. The van der Waals surface area contributed by atoms with Crippen molar-refractivity contribution in [2.45, 2.75) is 105 Å². The number of halogens is 4. The number of aliphatic hydroxyl groups is 1. The lowest BCUT2D eigenvalue weighted by atomic mass is 9.59. The number of carbonyl (C=O) groups is 2. The molecule has 8 nitrogen and oxygen atoms in total. The molecule has 2 bridgehead atoms. The second-order valence-corrected chi connectivity index (χ2v) is 10.8. The molecule has 4 saturated carbocycles. The molecule has 0 spiro atoms. The van der Waals surface area contributed by atoms with Crippen LogP contribution in [0.25, 0.3) is 0 Å². The first-order valence-electron chi connectivity index (χ1n) is 12.1. The highest BCUT2D eigenvalue weighted by Gasteiger charge is 2.55. The maximum atomic E-state index is 13.8. The SMILES string of the molecule is O=C(COC1CCC(Cl)C(F)C1)NC12CCC(NC(=O)C3CNC(C(F)F)CN3)(CC1)CC2O. The minimum atomic E-state index is -2.50. The molecule has 0 aromatic heterocycles. The van der Waals surface area contributed by atoms with Gasteiger partial charge in [0.2, 0.25) is 11.8 Å². The quantitative estimate of drug-likeness (QED) is 0.323. The number of hydrogen-bond donors (Lipinski definition) is 5. The Morgan fingerprint density at radius 2 is 1.85 bits per heavy atom. The third kappa shape index (κ3) is 5.64. The first-order valence-corrected chi connectivity index (χ1v) is 12.5. The number of nitrogens with one attached hydrogen (secondary N) is 4. The molecular weight excluding hydrogens is 477 g/mol. The molecule has 0 radical (unpaired) electrons. The third-order valence-corrected chi connectivity index (χ3v) is 8.47. The molecule has 1 saturated heterocycles. The Balaban J connectivity index is 1.24. The number of alkyl halides is 4. The first kappa shape index (κ1) is 25.9. The molecule has 5 N–H and O–H groups in total. The molecule has 2 amide bonds. The predicted molar refractivity (Wildman–Crippen MR) is 119 cm³/mol. The fourth-order valence-corrected chi connectivity index (χ4v) is 5.99. The van der Waals surface area contributed by atoms with Gasteiger partial charge in [0.05, 0.1) is 35.2 Å². The molecule has 4 aliphatic carbocycles. The molecule has 1 heterocycles. The van der Waals surface area contributed by atoms with Gasteiger partial charge in [-0.25, -0.2) is 13.2 Å². The van der Waals surface area contributed by atoms with Gasteiger partial charge in [-0.2, -0.15) is 0 Å². The molecule has 5 aliphatic rings. The second kappa shape index (κ2) is 10.5. The number of amides is 2. The van der Waals surface area contributed by atoms with Gasteiger partial charge in [-0.05, 0) is 44.9 Å². The summed E-state index contributed by atoms with van der Waals surface area (Å²) in [5.41, 5.74) is -1.37. The van der Waals surface area contributed by atoms with Crippen molar-refractivity contribution in [3.8, 4) is 0 Å². The summed E-state index contributed by atoms with van der Waals surface area (Å²) in [5.74, 6) is -0.635. The molecule has 194 valence electrons. The summed E-state index contributed by atoms with van der Waals surface area (Å²) in [6, 6.07) is -1.60. The number of carbonyl (C=O) groups excluding carboxylic acids is 2. The summed E-state index contributed by atoms with van der Waals surface area (Å²) in [5, 5.41) is 21.9. The first-order chi connectivity index (χ1) is 16.1. The summed E-state index contributed by atoms with van der Waals surface area (Å²) < 4.78 is 45.0. The minimum absolute atomic E-state index is 0.00188. The van der Waals surface area contributed by atoms with E-state index in [0.29, 0.717) is 44.9 Å². The second-order valence-electron chi connectivity index (χ2n) is 10.3. The Bertz CT molecular complexity index is 748. The summed E-state index contributed by atoms with van der Waals surface area (Å²) in [6.07, 6.45) is -1.11. The van der Waals surface area contributed by atoms with Crippen LogP contribution in [0.3, 0.4) is 0 Å². The van der Waals surface area contributed by atoms with Gasteiger partial charge in [0, 0.05) is 25.0 Å². The molecule has 0 aromatic rings.